The van der Waals surface area contributed by atoms with Crippen LogP contribution in [0.1, 0.15) is 36.9 Å². The molecule has 1 aliphatic carbocycles. The molecule has 11 heteroatoms. The Hall–Kier alpha value is -3.05. The first-order chi connectivity index (χ1) is 17.9. The summed E-state index contributed by atoms with van der Waals surface area (Å²) in [6, 6.07) is 13.0. The molecule has 0 spiro atoms. The van der Waals surface area contributed by atoms with Gasteiger partial charge in [0.2, 0.25) is 11.9 Å². The van der Waals surface area contributed by atoms with Gasteiger partial charge in [0.15, 0.2) is 0 Å². The van der Waals surface area contributed by atoms with Gasteiger partial charge in [-0.25, -0.2) is 9.97 Å². The molecule has 2 aliphatic rings. The van der Waals surface area contributed by atoms with Gasteiger partial charge in [0, 0.05) is 35.3 Å². The first-order valence-electron chi connectivity index (χ1n) is 12.3. The molecule has 38 heavy (non-hydrogen) atoms. The van der Waals surface area contributed by atoms with Crippen LogP contribution >= 0.6 is 11.6 Å². The molecule has 1 saturated carbocycles. The van der Waals surface area contributed by atoms with Gasteiger partial charge in [-0.1, -0.05) is 23.7 Å². The maximum atomic E-state index is 12.4. The molecule has 202 valence electrons. The van der Waals surface area contributed by atoms with E-state index in [4.69, 9.17) is 26.1 Å². The number of amides is 1. The Morgan fingerprint density at radius 3 is 2.37 bits per heavy atom. The van der Waals surface area contributed by atoms with E-state index in [0.29, 0.717) is 28.8 Å². The summed E-state index contributed by atoms with van der Waals surface area (Å²) in [6.07, 6.45) is 7.80. The van der Waals surface area contributed by atoms with E-state index in [9.17, 15) is 18.3 Å². The fourth-order valence-electron chi connectivity index (χ4n) is 4.54. The van der Waals surface area contributed by atoms with E-state index in [1.165, 1.54) is 6.08 Å². The molecule has 1 aliphatic heterocycles. The van der Waals surface area contributed by atoms with E-state index in [2.05, 4.69) is 10.2 Å². The molecule has 2 fully saturated rings. The molecule has 2 heterocycles. The fraction of sp³-hybridized carbons (Fsp3) is 0.370. The van der Waals surface area contributed by atoms with E-state index in [-0.39, 0.29) is 5.91 Å². The maximum absolute atomic E-state index is 12.4. The first-order valence-corrected chi connectivity index (χ1v) is 14.5. The molecule has 3 N–H and O–H groups in total. The van der Waals surface area contributed by atoms with Crippen molar-refractivity contribution in [1.82, 2.24) is 9.97 Å². The zero-order valence-electron chi connectivity index (χ0n) is 21.3. The molecule has 1 aromatic heterocycles. The molecule has 2 aromatic carbocycles. The van der Waals surface area contributed by atoms with E-state index < -0.39 is 15.7 Å². The van der Waals surface area contributed by atoms with Gasteiger partial charge in [-0.05, 0) is 80.5 Å². The number of hydrogen-bond donors (Lipinski definition) is 3. The minimum Gasteiger partial charge on any atom is -0.389 e. The molecular weight excluding hydrogens is 528 g/mol. The predicted molar refractivity (Wildman–Crippen MR) is 150 cm³/mol. The van der Waals surface area contributed by atoms with Gasteiger partial charge >= 0.3 is 0 Å². The number of carbonyl (C=O) groups excluding carboxylic acids is 1. The molecule has 0 unspecified atom stereocenters. The number of nitrogens with one attached hydrogen (secondary N) is 1. The predicted octanol–water partition coefficient (Wildman–Crippen LogP) is 4.49. The smallest absolute Gasteiger partial charge is 0.261 e. The Labute approximate surface area is 227 Å². The van der Waals surface area contributed by atoms with Gasteiger partial charge in [0.05, 0.1) is 23.1 Å². The third kappa shape index (κ3) is 7.73. The van der Waals surface area contributed by atoms with Crippen molar-refractivity contribution >= 4 is 56.2 Å². The highest BCUT2D eigenvalue weighted by Gasteiger charge is 2.45. The summed E-state index contributed by atoms with van der Waals surface area (Å²) in [5.74, 6) is 0.977. The summed E-state index contributed by atoms with van der Waals surface area (Å²) in [7, 11) is -3.67. The minimum absolute atomic E-state index is 0.212. The van der Waals surface area contributed by atoms with Crippen molar-refractivity contribution in [2.45, 2.75) is 38.2 Å². The molecule has 1 saturated heterocycles. The Balaban J connectivity index is 0.000000617. The average molecular weight is 559 g/mol. The summed E-state index contributed by atoms with van der Waals surface area (Å²) in [5.41, 5.74) is 2.80. The van der Waals surface area contributed by atoms with Gasteiger partial charge in [0.1, 0.15) is 0 Å². The van der Waals surface area contributed by atoms with Crippen LogP contribution in [0.4, 0.5) is 11.6 Å². The normalized spacial score (nSPS) is 17.2. The van der Waals surface area contributed by atoms with E-state index in [1.54, 1.807) is 18.2 Å². The second-order valence-electron chi connectivity index (χ2n) is 9.81. The number of carbonyl (C=O) groups is 1. The Morgan fingerprint density at radius 1 is 1.13 bits per heavy atom. The SMILES string of the molecule is CS(=O)(=O)O.Cc1nc(N2CCC(O)(C3CC3)CC2)nc2ccc(NC(=O)/C=C/c3ccc(Cl)cc3)cc12. The lowest BCUT2D eigenvalue weighted by Gasteiger charge is -2.38. The second kappa shape index (κ2) is 11.4. The number of aliphatic hydroxyl groups is 1. The number of fused-ring (bicyclic) bond motifs is 1. The number of piperidine rings is 1. The zero-order chi connectivity index (χ0) is 27.5. The number of hydrogen-bond acceptors (Lipinski definition) is 7. The van der Waals surface area contributed by atoms with Crippen LogP contribution in [0.3, 0.4) is 0 Å². The molecule has 3 aromatic rings. The summed E-state index contributed by atoms with van der Waals surface area (Å²) in [4.78, 5) is 24.0. The Kier molecular flexibility index (Phi) is 8.37. The summed E-state index contributed by atoms with van der Waals surface area (Å²) in [5, 5.41) is 15.3. The summed E-state index contributed by atoms with van der Waals surface area (Å²) < 4.78 is 25.9. The second-order valence-corrected chi connectivity index (χ2v) is 11.7. The Bertz CT molecular complexity index is 1440. The van der Waals surface area contributed by atoms with Gasteiger partial charge < -0.3 is 15.3 Å². The van der Waals surface area contributed by atoms with Crippen molar-refractivity contribution in [3.05, 3.63) is 64.8 Å². The molecular formula is C27H31ClN4O5S. The van der Waals surface area contributed by atoms with Crippen molar-refractivity contribution in [3.63, 3.8) is 0 Å². The fourth-order valence-corrected chi connectivity index (χ4v) is 4.66. The number of benzene rings is 2. The van der Waals surface area contributed by atoms with Crippen molar-refractivity contribution in [1.29, 1.82) is 0 Å². The van der Waals surface area contributed by atoms with Gasteiger partial charge in [-0.3, -0.25) is 9.35 Å². The molecule has 0 bridgehead atoms. The van der Waals surface area contributed by atoms with Crippen molar-refractivity contribution in [3.8, 4) is 0 Å². The molecule has 0 atom stereocenters. The highest BCUT2D eigenvalue weighted by molar-refractivity contribution is 7.85. The molecule has 1 amide bonds. The van der Waals surface area contributed by atoms with Crippen LogP contribution in [0, 0.1) is 12.8 Å². The topological polar surface area (TPSA) is 133 Å². The van der Waals surface area contributed by atoms with Crippen LogP contribution in [-0.4, -0.2) is 58.9 Å². The number of nitrogens with zero attached hydrogens (tertiary/aromatic N) is 3. The number of aromatic nitrogens is 2. The number of aryl methyl sites for hydroxylation is 1. The van der Waals surface area contributed by atoms with E-state index >= 15 is 0 Å². The number of rotatable bonds is 5. The van der Waals surface area contributed by atoms with Crippen molar-refractivity contribution in [2.24, 2.45) is 5.92 Å². The van der Waals surface area contributed by atoms with E-state index in [0.717, 1.165) is 60.9 Å². The third-order valence-corrected chi connectivity index (χ3v) is 6.94. The van der Waals surface area contributed by atoms with Crippen LogP contribution in [0.15, 0.2) is 48.5 Å². The molecule has 0 radical (unpaired) electrons. The first kappa shape index (κ1) is 28.0. The van der Waals surface area contributed by atoms with Crippen LogP contribution in [0.25, 0.3) is 17.0 Å². The largest absolute Gasteiger partial charge is 0.389 e. The number of halogens is 1. The molecule has 5 rings (SSSR count). The lowest BCUT2D eigenvalue weighted by atomic mass is 9.87. The van der Waals surface area contributed by atoms with Crippen LogP contribution < -0.4 is 10.2 Å². The van der Waals surface area contributed by atoms with Crippen LogP contribution in [-0.2, 0) is 14.9 Å². The highest BCUT2D eigenvalue weighted by Crippen LogP contribution is 2.45. The zero-order valence-corrected chi connectivity index (χ0v) is 22.8. The summed E-state index contributed by atoms with van der Waals surface area (Å²) >= 11 is 5.89. The lowest BCUT2D eigenvalue weighted by molar-refractivity contribution is -0.111. The number of anilines is 2. The van der Waals surface area contributed by atoms with Crippen molar-refractivity contribution in [2.75, 3.05) is 29.6 Å². The minimum atomic E-state index is -3.67. The van der Waals surface area contributed by atoms with Gasteiger partial charge in [-0.15, -0.1) is 0 Å². The van der Waals surface area contributed by atoms with E-state index in [1.807, 2.05) is 37.3 Å². The third-order valence-electron chi connectivity index (χ3n) is 6.69. The van der Waals surface area contributed by atoms with Gasteiger partial charge in [-0.2, -0.15) is 8.42 Å². The quantitative estimate of drug-likeness (QED) is 0.308. The van der Waals surface area contributed by atoms with Gasteiger partial charge in [0.25, 0.3) is 10.1 Å². The highest BCUT2D eigenvalue weighted by atomic mass is 35.5. The standard InChI is InChI=1S/C26H27ClN4O2.CH4O3S/c1-17-22-16-21(29-24(32)11-4-18-2-7-20(27)8-3-18)9-10-23(22)30-25(28-17)31-14-12-26(33,13-15-31)19-5-6-19;1-5(2,3)4/h2-4,7-11,16,19,33H,5-6,12-15H2,1H3,(H,29,32);1H3,(H,2,3,4)/b11-4+;. The molecule has 9 nitrogen and oxygen atoms in total. The maximum Gasteiger partial charge on any atom is 0.261 e. The van der Waals surface area contributed by atoms with Crippen LogP contribution in [0.2, 0.25) is 5.02 Å². The van der Waals surface area contributed by atoms with Crippen molar-refractivity contribution < 1.29 is 22.9 Å². The summed E-state index contributed by atoms with van der Waals surface area (Å²) in [6.45, 7) is 3.50. The Morgan fingerprint density at radius 2 is 1.76 bits per heavy atom. The van der Waals surface area contributed by atoms with Crippen LogP contribution in [0.5, 0.6) is 0 Å². The lowest BCUT2D eigenvalue weighted by Crippen LogP contribution is -2.46. The average Bonchev–Trinajstić information content (AvgIpc) is 3.70. The monoisotopic (exact) mass is 558 g/mol.